The largest absolute Gasteiger partial charge is 0.478 e. The second-order valence-electron chi connectivity index (χ2n) is 2.05. The quantitative estimate of drug-likeness (QED) is 0.498. The summed E-state index contributed by atoms with van der Waals surface area (Å²) in [6.07, 6.45) is 6.31. The van der Waals surface area contributed by atoms with Crippen molar-refractivity contribution >= 4 is 5.97 Å². The van der Waals surface area contributed by atoms with E-state index in [4.69, 9.17) is 5.11 Å². The second-order valence-corrected chi connectivity index (χ2v) is 2.05. The topological polar surface area (TPSA) is 46.5 Å². The molecule has 0 bridgehead atoms. The molecule has 0 aromatic heterocycles. The third-order valence-electron chi connectivity index (χ3n) is 1.12. The predicted molar refractivity (Wildman–Crippen MR) is 46.9 cm³/mol. The van der Waals surface area contributed by atoms with Crippen molar-refractivity contribution in [2.24, 2.45) is 0 Å². The molecule has 1 N–H and O–H groups in total. The number of hydrogen-bond acceptors (Lipinski definition) is 2. The molecule has 3 nitrogen and oxygen atoms in total. The van der Waals surface area contributed by atoms with E-state index in [1.807, 2.05) is 0 Å². The van der Waals surface area contributed by atoms with Crippen molar-refractivity contribution in [3.8, 4) is 0 Å². The molecule has 0 rings (SSSR count). The fraction of sp³-hybridized carbons (Fsp3) is 0.222. The minimum absolute atomic E-state index is 0.108. The van der Waals surface area contributed by atoms with Gasteiger partial charge in [0.25, 0.3) is 0 Å². The lowest BCUT2D eigenvalue weighted by atomic mass is 10.2. The molecule has 66 valence electrons. The predicted octanol–water partition coefficient (Wildman–Crippen LogP) is 1.39. The fourth-order valence-corrected chi connectivity index (χ4v) is 0.587. The Morgan fingerprint density at radius 1 is 1.58 bits per heavy atom. The summed E-state index contributed by atoms with van der Waals surface area (Å²) in [5, 5.41) is 8.60. The van der Waals surface area contributed by atoms with Crippen LogP contribution in [-0.2, 0) is 9.53 Å². The molecule has 0 atom stereocenters. The highest BCUT2D eigenvalue weighted by Crippen LogP contribution is 1.95. The van der Waals surface area contributed by atoms with Crippen LogP contribution in [0.1, 0.15) is 0 Å². The van der Waals surface area contributed by atoms with Crippen LogP contribution in [0, 0.1) is 0 Å². The highest BCUT2D eigenvalue weighted by atomic mass is 16.5. The molecule has 0 aromatic carbocycles. The first kappa shape index (κ1) is 10.7. The van der Waals surface area contributed by atoms with Crippen molar-refractivity contribution in [1.29, 1.82) is 0 Å². The molecular formula is C9H12O3. The molecular weight excluding hydrogens is 156 g/mol. The molecule has 3 heteroatoms. The zero-order chi connectivity index (χ0) is 9.40. The van der Waals surface area contributed by atoms with Crippen molar-refractivity contribution in [2.75, 3.05) is 13.7 Å². The first-order valence-corrected chi connectivity index (χ1v) is 3.43. The van der Waals surface area contributed by atoms with Gasteiger partial charge < -0.3 is 9.84 Å². The number of carbonyl (C=O) groups is 1. The Balaban J connectivity index is 4.27. The maximum absolute atomic E-state index is 10.5. The summed E-state index contributed by atoms with van der Waals surface area (Å²) in [7, 11) is 1.45. The molecule has 0 spiro atoms. The van der Waals surface area contributed by atoms with E-state index >= 15 is 0 Å². The molecule has 0 heterocycles. The Morgan fingerprint density at radius 3 is 2.67 bits per heavy atom. The Labute approximate surface area is 71.7 Å². The summed E-state index contributed by atoms with van der Waals surface area (Å²) in [5.74, 6) is -0.967. The summed E-state index contributed by atoms with van der Waals surface area (Å²) < 4.78 is 4.69. The van der Waals surface area contributed by atoms with Gasteiger partial charge in [-0.15, -0.1) is 0 Å². The highest BCUT2D eigenvalue weighted by molar-refractivity contribution is 5.87. The van der Waals surface area contributed by atoms with Crippen LogP contribution in [0.4, 0.5) is 0 Å². The average molecular weight is 168 g/mol. The normalized spacial score (nSPS) is 11.9. The highest BCUT2D eigenvalue weighted by Gasteiger charge is 2.03. The van der Waals surface area contributed by atoms with Crippen LogP contribution in [0.25, 0.3) is 0 Å². The molecule has 0 aromatic rings. The molecule has 0 amide bonds. The van der Waals surface area contributed by atoms with E-state index < -0.39 is 5.97 Å². The number of ether oxygens (including phenoxy) is 1. The summed E-state index contributed by atoms with van der Waals surface area (Å²) in [5.41, 5.74) is 0.218. The van der Waals surface area contributed by atoms with Crippen molar-refractivity contribution in [1.82, 2.24) is 0 Å². The number of methoxy groups -OCH3 is 1. The molecule has 12 heavy (non-hydrogen) atoms. The Morgan fingerprint density at radius 2 is 2.25 bits per heavy atom. The number of allylic oxidation sites excluding steroid dienone is 4. The summed E-state index contributed by atoms with van der Waals surface area (Å²) >= 11 is 0. The second kappa shape index (κ2) is 6.37. The van der Waals surface area contributed by atoms with E-state index in [-0.39, 0.29) is 12.2 Å². The van der Waals surface area contributed by atoms with Crippen LogP contribution in [0.15, 0.2) is 36.5 Å². The molecule has 0 saturated heterocycles. The maximum Gasteiger partial charge on any atom is 0.333 e. The van der Waals surface area contributed by atoms with Gasteiger partial charge in [0.05, 0.1) is 12.2 Å². The van der Waals surface area contributed by atoms with Gasteiger partial charge in [0.2, 0.25) is 0 Å². The van der Waals surface area contributed by atoms with Crippen molar-refractivity contribution in [3.05, 3.63) is 36.5 Å². The van der Waals surface area contributed by atoms with E-state index in [0.29, 0.717) is 0 Å². The van der Waals surface area contributed by atoms with Gasteiger partial charge in [-0.05, 0) is 6.08 Å². The van der Waals surface area contributed by atoms with Gasteiger partial charge in [0, 0.05) is 7.11 Å². The monoisotopic (exact) mass is 168 g/mol. The van der Waals surface area contributed by atoms with Crippen molar-refractivity contribution in [2.45, 2.75) is 0 Å². The lowest BCUT2D eigenvalue weighted by molar-refractivity contribution is -0.133. The van der Waals surface area contributed by atoms with Crippen molar-refractivity contribution < 1.29 is 14.6 Å². The van der Waals surface area contributed by atoms with E-state index in [0.717, 1.165) is 0 Å². The molecule has 0 aliphatic heterocycles. The molecule has 0 aliphatic rings. The van der Waals surface area contributed by atoms with Crippen LogP contribution in [0.5, 0.6) is 0 Å². The minimum atomic E-state index is -0.967. The smallest absolute Gasteiger partial charge is 0.333 e. The van der Waals surface area contributed by atoms with Crippen LogP contribution < -0.4 is 0 Å². The fourth-order valence-electron chi connectivity index (χ4n) is 0.587. The van der Waals surface area contributed by atoms with Crippen LogP contribution in [0.3, 0.4) is 0 Å². The molecule has 0 fully saturated rings. The third kappa shape index (κ3) is 4.46. The van der Waals surface area contributed by atoms with E-state index in [1.54, 1.807) is 18.2 Å². The van der Waals surface area contributed by atoms with Gasteiger partial charge in [0.15, 0.2) is 0 Å². The van der Waals surface area contributed by atoms with Crippen LogP contribution in [0.2, 0.25) is 0 Å². The summed E-state index contributed by atoms with van der Waals surface area (Å²) in [4.78, 5) is 10.5. The van der Waals surface area contributed by atoms with E-state index in [1.165, 1.54) is 13.2 Å². The first-order valence-electron chi connectivity index (χ1n) is 3.43. The van der Waals surface area contributed by atoms with E-state index in [2.05, 4.69) is 11.3 Å². The number of hydrogen-bond donors (Lipinski definition) is 1. The van der Waals surface area contributed by atoms with Gasteiger partial charge in [-0.1, -0.05) is 24.8 Å². The Bertz CT molecular complexity index is 214. The van der Waals surface area contributed by atoms with Crippen LogP contribution in [-0.4, -0.2) is 24.8 Å². The van der Waals surface area contributed by atoms with Crippen LogP contribution >= 0.6 is 0 Å². The molecule has 0 saturated carbocycles. The van der Waals surface area contributed by atoms with Crippen molar-refractivity contribution in [3.63, 3.8) is 0 Å². The van der Waals surface area contributed by atoms with Gasteiger partial charge in [0.1, 0.15) is 0 Å². The number of carboxylic acids is 1. The lowest BCUT2D eigenvalue weighted by Gasteiger charge is -1.97. The van der Waals surface area contributed by atoms with Gasteiger partial charge in [-0.25, -0.2) is 4.79 Å². The minimum Gasteiger partial charge on any atom is -0.478 e. The SMILES string of the molecule is C=C/C=C\C=C(/COC)C(=O)O. The zero-order valence-electron chi connectivity index (χ0n) is 6.99. The molecule has 0 aliphatic carbocycles. The van der Waals surface area contributed by atoms with Gasteiger partial charge in [-0.3, -0.25) is 0 Å². The Kier molecular flexibility index (Phi) is 5.65. The molecule has 0 radical (unpaired) electrons. The van der Waals surface area contributed by atoms with Gasteiger partial charge >= 0.3 is 5.97 Å². The number of aliphatic carboxylic acids is 1. The summed E-state index contributed by atoms with van der Waals surface area (Å²) in [6, 6.07) is 0. The lowest BCUT2D eigenvalue weighted by Crippen LogP contribution is -2.05. The standard InChI is InChI=1S/C9H12O3/c1-3-4-5-6-8(7-12-2)9(10)11/h3-6H,1,7H2,2H3,(H,10,11)/b5-4-,8-6+. The number of carboxylic acid groups (broad SMARTS) is 1. The third-order valence-corrected chi connectivity index (χ3v) is 1.12. The summed E-state index contributed by atoms with van der Waals surface area (Å²) in [6.45, 7) is 3.56. The number of rotatable bonds is 5. The first-order chi connectivity index (χ1) is 5.72. The maximum atomic E-state index is 10.5. The zero-order valence-corrected chi connectivity index (χ0v) is 6.99. The van der Waals surface area contributed by atoms with Gasteiger partial charge in [-0.2, -0.15) is 0 Å². The Hall–Kier alpha value is -1.35. The average Bonchev–Trinajstić information content (AvgIpc) is 2.03. The van der Waals surface area contributed by atoms with E-state index in [9.17, 15) is 4.79 Å². The molecule has 0 unspecified atom stereocenters.